The topological polar surface area (TPSA) is 84.9 Å². The monoisotopic (exact) mass is 342 g/mol. The van der Waals surface area contributed by atoms with Gasteiger partial charge in [0.15, 0.2) is 0 Å². The zero-order chi connectivity index (χ0) is 16.4. The van der Waals surface area contributed by atoms with Crippen molar-refractivity contribution in [2.24, 2.45) is 0 Å². The second-order valence-electron chi connectivity index (χ2n) is 5.80. The van der Waals surface area contributed by atoms with Gasteiger partial charge in [0.25, 0.3) is 10.2 Å². The van der Waals surface area contributed by atoms with E-state index < -0.39 is 10.2 Å². The van der Waals surface area contributed by atoms with Crippen LogP contribution >= 0.6 is 0 Å². The molecule has 2 fully saturated rings. The van der Waals surface area contributed by atoms with Crippen LogP contribution in [0.25, 0.3) is 0 Å². The molecule has 1 atom stereocenters. The van der Waals surface area contributed by atoms with Crippen LogP contribution in [-0.2, 0) is 14.9 Å². The number of rotatable bonds is 4. The maximum Gasteiger partial charge on any atom is 0.282 e. The first-order valence-corrected chi connectivity index (χ1v) is 9.17. The highest BCUT2D eigenvalue weighted by molar-refractivity contribution is 7.86. The Bertz CT molecular complexity index is 640. The molecule has 0 aromatic carbocycles. The van der Waals surface area contributed by atoms with Gasteiger partial charge in [0, 0.05) is 31.4 Å². The zero-order valence-corrected chi connectivity index (χ0v) is 14.3. The Morgan fingerprint density at radius 3 is 2.61 bits per heavy atom. The van der Waals surface area contributed by atoms with Gasteiger partial charge in [-0.15, -0.1) is 0 Å². The summed E-state index contributed by atoms with van der Waals surface area (Å²) in [6.45, 7) is 6.23. The first-order valence-electron chi connectivity index (χ1n) is 7.77. The fourth-order valence-corrected chi connectivity index (χ4v) is 4.49. The van der Waals surface area contributed by atoms with Crippen LogP contribution in [0.2, 0.25) is 0 Å². The predicted octanol–water partition coefficient (Wildman–Crippen LogP) is 0.124. The SMILES string of the molecule is Cc1cc(O[C@H]2CCN(S(=O)(=O)N3CCOCC3)C2)nc(C)n1. The van der Waals surface area contributed by atoms with Gasteiger partial charge in [-0.05, 0) is 20.3 Å². The van der Waals surface area contributed by atoms with Gasteiger partial charge < -0.3 is 9.47 Å². The average molecular weight is 342 g/mol. The van der Waals surface area contributed by atoms with Crippen LogP contribution in [0.5, 0.6) is 5.88 Å². The number of morpholine rings is 1. The Labute approximate surface area is 136 Å². The van der Waals surface area contributed by atoms with E-state index in [-0.39, 0.29) is 6.10 Å². The Morgan fingerprint density at radius 2 is 1.91 bits per heavy atom. The summed E-state index contributed by atoms with van der Waals surface area (Å²) in [6, 6.07) is 1.77. The molecular weight excluding hydrogens is 320 g/mol. The second-order valence-corrected chi connectivity index (χ2v) is 7.73. The number of hydrogen-bond donors (Lipinski definition) is 0. The van der Waals surface area contributed by atoms with E-state index >= 15 is 0 Å². The third-order valence-electron chi connectivity index (χ3n) is 3.96. The largest absolute Gasteiger partial charge is 0.473 e. The van der Waals surface area contributed by atoms with E-state index in [4.69, 9.17) is 9.47 Å². The van der Waals surface area contributed by atoms with Crippen molar-refractivity contribution in [1.82, 2.24) is 18.6 Å². The molecule has 0 saturated carbocycles. The molecule has 128 valence electrons. The van der Waals surface area contributed by atoms with E-state index in [2.05, 4.69) is 9.97 Å². The van der Waals surface area contributed by atoms with E-state index in [1.807, 2.05) is 13.8 Å². The lowest BCUT2D eigenvalue weighted by molar-refractivity contribution is 0.0703. The molecule has 0 aliphatic carbocycles. The molecule has 8 nitrogen and oxygen atoms in total. The van der Waals surface area contributed by atoms with E-state index in [1.54, 1.807) is 6.07 Å². The van der Waals surface area contributed by atoms with Gasteiger partial charge in [-0.2, -0.15) is 22.0 Å². The summed E-state index contributed by atoms with van der Waals surface area (Å²) in [4.78, 5) is 8.45. The van der Waals surface area contributed by atoms with Crippen molar-refractivity contribution in [1.29, 1.82) is 0 Å². The lowest BCUT2D eigenvalue weighted by Gasteiger charge is -2.29. The first kappa shape index (κ1) is 16.6. The number of ether oxygens (including phenoxy) is 2. The minimum Gasteiger partial charge on any atom is -0.473 e. The van der Waals surface area contributed by atoms with E-state index in [0.29, 0.717) is 57.5 Å². The van der Waals surface area contributed by atoms with Crippen LogP contribution < -0.4 is 4.74 Å². The van der Waals surface area contributed by atoms with Crippen LogP contribution in [0.15, 0.2) is 6.07 Å². The molecule has 2 aliphatic heterocycles. The van der Waals surface area contributed by atoms with Crippen molar-refractivity contribution in [2.45, 2.75) is 26.4 Å². The number of nitrogens with zero attached hydrogens (tertiary/aromatic N) is 4. The molecule has 1 aromatic heterocycles. The van der Waals surface area contributed by atoms with Crippen LogP contribution in [-0.4, -0.2) is 72.5 Å². The molecule has 0 spiro atoms. The van der Waals surface area contributed by atoms with E-state index in [0.717, 1.165) is 5.69 Å². The van der Waals surface area contributed by atoms with Crippen molar-refractivity contribution in [2.75, 3.05) is 39.4 Å². The van der Waals surface area contributed by atoms with Gasteiger partial charge in [-0.3, -0.25) is 0 Å². The van der Waals surface area contributed by atoms with Crippen molar-refractivity contribution in [3.63, 3.8) is 0 Å². The van der Waals surface area contributed by atoms with Crippen molar-refractivity contribution in [3.8, 4) is 5.88 Å². The summed E-state index contributed by atoms with van der Waals surface area (Å²) in [5.74, 6) is 1.15. The third-order valence-corrected chi connectivity index (χ3v) is 5.96. The number of aryl methyl sites for hydroxylation is 2. The molecule has 3 rings (SSSR count). The minimum atomic E-state index is -3.43. The summed E-state index contributed by atoms with van der Waals surface area (Å²) in [7, 11) is -3.43. The molecule has 1 aromatic rings. The quantitative estimate of drug-likeness (QED) is 0.773. The number of hydrogen-bond acceptors (Lipinski definition) is 6. The zero-order valence-electron chi connectivity index (χ0n) is 13.4. The molecule has 0 radical (unpaired) electrons. The summed E-state index contributed by atoms with van der Waals surface area (Å²) in [6.07, 6.45) is 0.477. The van der Waals surface area contributed by atoms with E-state index in [1.165, 1.54) is 8.61 Å². The second kappa shape index (κ2) is 6.68. The molecule has 3 heterocycles. The summed E-state index contributed by atoms with van der Waals surface area (Å²) in [5.41, 5.74) is 0.836. The number of aromatic nitrogens is 2. The standard InChI is InChI=1S/C14H22N4O4S/c1-11-9-14(16-12(2)15-11)22-13-3-4-18(10-13)23(19,20)17-5-7-21-8-6-17/h9,13H,3-8,10H2,1-2H3/t13-/m0/s1. The van der Waals surface area contributed by atoms with Crippen molar-refractivity contribution < 1.29 is 17.9 Å². The molecule has 23 heavy (non-hydrogen) atoms. The predicted molar refractivity (Wildman–Crippen MR) is 83.4 cm³/mol. The van der Waals surface area contributed by atoms with Gasteiger partial charge >= 0.3 is 0 Å². The summed E-state index contributed by atoms with van der Waals surface area (Å²) >= 11 is 0. The molecule has 0 unspecified atom stereocenters. The Hall–Kier alpha value is -1.29. The van der Waals surface area contributed by atoms with Crippen molar-refractivity contribution >= 4 is 10.2 Å². The molecular formula is C14H22N4O4S. The highest BCUT2D eigenvalue weighted by Crippen LogP contribution is 2.22. The van der Waals surface area contributed by atoms with E-state index in [9.17, 15) is 8.42 Å². The smallest absolute Gasteiger partial charge is 0.282 e. The molecule has 0 amide bonds. The average Bonchev–Trinajstić information content (AvgIpc) is 2.96. The third kappa shape index (κ3) is 3.79. The molecule has 2 aliphatic rings. The maximum absolute atomic E-state index is 12.6. The Kier molecular flexibility index (Phi) is 4.81. The highest BCUT2D eigenvalue weighted by atomic mass is 32.2. The van der Waals surface area contributed by atoms with Crippen LogP contribution in [0.3, 0.4) is 0 Å². The lowest BCUT2D eigenvalue weighted by Crippen LogP contribution is -2.48. The van der Waals surface area contributed by atoms with Crippen LogP contribution in [0, 0.1) is 13.8 Å². The van der Waals surface area contributed by atoms with Crippen molar-refractivity contribution in [3.05, 3.63) is 17.6 Å². The first-order chi connectivity index (χ1) is 10.9. The summed E-state index contributed by atoms with van der Waals surface area (Å²) < 4.78 is 39.3. The van der Waals surface area contributed by atoms with Gasteiger partial charge in [-0.25, -0.2) is 4.98 Å². The summed E-state index contributed by atoms with van der Waals surface area (Å²) in [5, 5.41) is 0. The Morgan fingerprint density at radius 1 is 1.17 bits per heavy atom. The van der Waals surface area contributed by atoms with Gasteiger partial charge in [-0.1, -0.05) is 0 Å². The molecule has 9 heteroatoms. The highest BCUT2D eigenvalue weighted by Gasteiger charge is 2.37. The lowest BCUT2D eigenvalue weighted by atomic mass is 10.3. The van der Waals surface area contributed by atoms with Gasteiger partial charge in [0.2, 0.25) is 5.88 Å². The molecule has 0 N–H and O–H groups in total. The Balaban J connectivity index is 1.63. The fourth-order valence-electron chi connectivity index (χ4n) is 2.86. The van der Waals surface area contributed by atoms with Gasteiger partial charge in [0.1, 0.15) is 11.9 Å². The minimum absolute atomic E-state index is 0.181. The van der Waals surface area contributed by atoms with Crippen LogP contribution in [0.1, 0.15) is 17.9 Å². The maximum atomic E-state index is 12.6. The van der Waals surface area contributed by atoms with Crippen LogP contribution in [0.4, 0.5) is 0 Å². The molecule has 2 saturated heterocycles. The molecule has 0 bridgehead atoms. The normalized spacial score (nSPS) is 24.0. The van der Waals surface area contributed by atoms with Gasteiger partial charge in [0.05, 0.1) is 19.8 Å². The fraction of sp³-hybridized carbons (Fsp3) is 0.714.